The molecule has 0 aliphatic carbocycles. The first-order valence-corrected chi connectivity index (χ1v) is 6.42. The van der Waals surface area contributed by atoms with Crippen LogP contribution in [0, 0.1) is 17.8 Å². The molecule has 4 nitrogen and oxygen atoms in total. The van der Waals surface area contributed by atoms with E-state index >= 15 is 0 Å². The van der Waals surface area contributed by atoms with Crippen LogP contribution >= 0.6 is 12.4 Å². The average Bonchev–Trinajstić information content (AvgIpc) is 2.98. The Morgan fingerprint density at radius 3 is 2.82 bits per heavy atom. The van der Waals surface area contributed by atoms with Gasteiger partial charge in [0.25, 0.3) is 0 Å². The Balaban J connectivity index is 0.00000108. The van der Waals surface area contributed by atoms with Crippen molar-refractivity contribution < 1.29 is 9.53 Å². The molecule has 0 saturated carbocycles. The zero-order valence-corrected chi connectivity index (χ0v) is 10.9. The van der Waals surface area contributed by atoms with E-state index in [9.17, 15) is 4.79 Å². The Bertz CT molecular complexity index is 282. The van der Waals surface area contributed by atoms with Gasteiger partial charge in [0, 0.05) is 19.7 Å². The number of fused-ring (bicyclic) bond motifs is 1. The maximum Gasteiger partial charge on any atom is 0.228 e. The quantitative estimate of drug-likeness (QED) is 0.747. The maximum absolute atomic E-state index is 12.2. The molecular weight excluding hydrogens is 240 g/mol. The Morgan fingerprint density at radius 2 is 2.06 bits per heavy atom. The minimum Gasteiger partial charge on any atom is -0.381 e. The monoisotopic (exact) mass is 260 g/mol. The maximum atomic E-state index is 12.2. The van der Waals surface area contributed by atoms with Gasteiger partial charge >= 0.3 is 0 Å². The Labute approximate surface area is 108 Å². The number of hydrogen-bond acceptors (Lipinski definition) is 3. The molecule has 1 N–H and O–H groups in total. The van der Waals surface area contributed by atoms with Crippen LogP contribution in [0.25, 0.3) is 0 Å². The van der Waals surface area contributed by atoms with Crippen molar-refractivity contribution in [1.29, 1.82) is 0 Å². The summed E-state index contributed by atoms with van der Waals surface area (Å²) in [5.41, 5.74) is 0. The largest absolute Gasteiger partial charge is 0.381 e. The highest BCUT2D eigenvalue weighted by Gasteiger charge is 2.36. The van der Waals surface area contributed by atoms with E-state index < -0.39 is 0 Å². The number of likely N-dealkylation sites (tertiary alicyclic amines) is 1. The molecule has 3 rings (SSSR count). The third-order valence-corrected chi connectivity index (χ3v) is 4.30. The van der Waals surface area contributed by atoms with E-state index in [-0.39, 0.29) is 18.3 Å². The second-order valence-corrected chi connectivity index (χ2v) is 5.31. The van der Waals surface area contributed by atoms with E-state index in [1.165, 1.54) is 6.42 Å². The summed E-state index contributed by atoms with van der Waals surface area (Å²) in [4.78, 5) is 14.3. The van der Waals surface area contributed by atoms with Gasteiger partial charge in [-0.2, -0.15) is 0 Å². The van der Waals surface area contributed by atoms with Crippen LogP contribution in [0.5, 0.6) is 0 Å². The second kappa shape index (κ2) is 5.55. The fourth-order valence-electron chi connectivity index (χ4n) is 3.22. The fraction of sp³-hybridized carbons (Fsp3) is 0.917. The van der Waals surface area contributed by atoms with Crippen LogP contribution in [0.3, 0.4) is 0 Å². The smallest absolute Gasteiger partial charge is 0.228 e. The van der Waals surface area contributed by atoms with Gasteiger partial charge in [0.05, 0.1) is 12.5 Å². The van der Waals surface area contributed by atoms with Gasteiger partial charge in [0.15, 0.2) is 0 Å². The SMILES string of the molecule is Cl.O=C(C1CCOC1)N1CCC2CNCC2C1. The lowest BCUT2D eigenvalue weighted by Gasteiger charge is -2.35. The molecule has 17 heavy (non-hydrogen) atoms. The fourth-order valence-corrected chi connectivity index (χ4v) is 3.22. The zero-order valence-electron chi connectivity index (χ0n) is 10.1. The van der Waals surface area contributed by atoms with Crippen LogP contribution in [0.4, 0.5) is 0 Å². The number of ether oxygens (including phenoxy) is 1. The van der Waals surface area contributed by atoms with Crippen molar-refractivity contribution >= 4 is 18.3 Å². The Hall–Kier alpha value is -0.320. The number of piperidine rings is 1. The van der Waals surface area contributed by atoms with E-state index in [0.717, 1.165) is 45.1 Å². The van der Waals surface area contributed by atoms with E-state index in [1.54, 1.807) is 0 Å². The van der Waals surface area contributed by atoms with Crippen LogP contribution in [-0.4, -0.2) is 50.2 Å². The van der Waals surface area contributed by atoms with Gasteiger partial charge in [0.2, 0.25) is 5.91 Å². The first kappa shape index (κ1) is 13.1. The highest BCUT2D eigenvalue weighted by Crippen LogP contribution is 2.28. The first-order chi connectivity index (χ1) is 7.84. The highest BCUT2D eigenvalue weighted by molar-refractivity contribution is 5.85. The van der Waals surface area contributed by atoms with Crippen LogP contribution in [0.2, 0.25) is 0 Å². The Kier molecular flexibility index (Phi) is 4.28. The van der Waals surface area contributed by atoms with E-state index in [1.807, 2.05) is 0 Å². The van der Waals surface area contributed by atoms with Crippen molar-refractivity contribution in [3.63, 3.8) is 0 Å². The molecule has 3 aliphatic rings. The minimum absolute atomic E-state index is 0. The van der Waals surface area contributed by atoms with Gasteiger partial charge in [-0.05, 0) is 37.8 Å². The topological polar surface area (TPSA) is 41.6 Å². The second-order valence-electron chi connectivity index (χ2n) is 5.31. The molecular formula is C12H21ClN2O2. The van der Waals surface area contributed by atoms with E-state index in [2.05, 4.69) is 10.2 Å². The number of nitrogens with one attached hydrogen (secondary N) is 1. The normalized spacial score (nSPS) is 36.5. The molecule has 0 spiro atoms. The predicted octanol–water partition coefficient (Wildman–Crippen LogP) is 0.513. The lowest BCUT2D eigenvalue weighted by Crippen LogP contribution is -2.46. The number of nitrogens with zero attached hydrogens (tertiary/aromatic N) is 1. The van der Waals surface area contributed by atoms with Crippen molar-refractivity contribution in [2.45, 2.75) is 12.8 Å². The molecule has 0 radical (unpaired) electrons. The lowest BCUT2D eigenvalue weighted by atomic mass is 9.88. The predicted molar refractivity (Wildman–Crippen MR) is 67.2 cm³/mol. The number of amides is 1. The molecule has 0 aromatic carbocycles. The van der Waals surface area contributed by atoms with E-state index in [4.69, 9.17) is 4.74 Å². The first-order valence-electron chi connectivity index (χ1n) is 6.42. The van der Waals surface area contributed by atoms with Crippen molar-refractivity contribution in [2.75, 3.05) is 39.4 Å². The van der Waals surface area contributed by atoms with Crippen LogP contribution in [0.15, 0.2) is 0 Å². The number of carbonyl (C=O) groups excluding carboxylic acids is 1. The number of carbonyl (C=O) groups is 1. The molecule has 5 heteroatoms. The van der Waals surface area contributed by atoms with Gasteiger partial charge in [-0.25, -0.2) is 0 Å². The van der Waals surface area contributed by atoms with Crippen molar-refractivity contribution in [3.05, 3.63) is 0 Å². The minimum atomic E-state index is 0. The summed E-state index contributed by atoms with van der Waals surface area (Å²) >= 11 is 0. The Morgan fingerprint density at radius 1 is 1.24 bits per heavy atom. The van der Waals surface area contributed by atoms with Crippen molar-refractivity contribution in [2.24, 2.45) is 17.8 Å². The molecule has 0 bridgehead atoms. The molecule has 3 atom stereocenters. The summed E-state index contributed by atoms with van der Waals surface area (Å²) in [6.07, 6.45) is 2.10. The molecule has 3 fully saturated rings. The van der Waals surface area contributed by atoms with Crippen molar-refractivity contribution in [1.82, 2.24) is 10.2 Å². The van der Waals surface area contributed by atoms with Gasteiger partial charge in [-0.15, -0.1) is 12.4 Å². The molecule has 3 aliphatic heterocycles. The summed E-state index contributed by atoms with van der Waals surface area (Å²) in [5.74, 6) is 1.98. The van der Waals surface area contributed by atoms with Crippen LogP contribution in [0.1, 0.15) is 12.8 Å². The highest BCUT2D eigenvalue weighted by atomic mass is 35.5. The van der Waals surface area contributed by atoms with E-state index in [0.29, 0.717) is 18.4 Å². The number of halogens is 1. The average molecular weight is 261 g/mol. The molecule has 3 saturated heterocycles. The summed E-state index contributed by atoms with van der Waals surface area (Å²) in [6, 6.07) is 0. The molecule has 1 amide bonds. The molecule has 3 heterocycles. The number of hydrogen-bond donors (Lipinski definition) is 1. The third-order valence-electron chi connectivity index (χ3n) is 4.30. The van der Waals surface area contributed by atoms with Crippen molar-refractivity contribution in [3.8, 4) is 0 Å². The molecule has 3 unspecified atom stereocenters. The number of rotatable bonds is 1. The molecule has 0 aromatic heterocycles. The lowest BCUT2D eigenvalue weighted by molar-refractivity contribution is -0.137. The summed E-state index contributed by atoms with van der Waals surface area (Å²) < 4.78 is 5.30. The summed E-state index contributed by atoms with van der Waals surface area (Å²) in [5, 5.41) is 3.43. The standard InChI is InChI=1S/C12H20N2O2.ClH/c15-12(10-2-4-16-8-10)14-3-1-9-5-13-6-11(9)7-14;/h9-11,13H,1-8H2;1H. The molecule has 98 valence electrons. The zero-order chi connectivity index (χ0) is 11.0. The summed E-state index contributed by atoms with van der Waals surface area (Å²) in [6.45, 7) is 5.57. The third kappa shape index (κ3) is 2.59. The van der Waals surface area contributed by atoms with Crippen LogP contribution < -0.4 is 5.32 Å². The van der Waals surface area contributed by atoms with Gasteiger partial charge in [-0.1, -0.05) is 0 Å². The van der Waals surface area contributed by atoms with Gasteiger partial charge < -0.3 is 15.0 Å². The summed E-state index contributed by atoms with van der Waals surface area (Å²) in [7, 11) is 0. The molecule has 0 aromatic rings. The van der Waals surface area contributed by atoms with Gasteiger partial charge in [0.1, 0.15) is 0 Å². The van der Waals surface area contributed by atoms with Crippen LogP contribution in [-0.2, 0) is 9.53 Å². The van der Waals surface area contributed by atoms with Gasteiger partial charge in [-0.3, -0.25) is 4.79 Å².